The van der Waals surface area contributed by atoms with Gasteiger partial charge >= 0.3 is 0 Å². The van der Waals surface area contributed by atoms with Crippen molar-refractivity contribution in [2.45, 2.75) is 6.92 Å². The zero-order valence-corrected chi connectivity index (χ0v) is 11.2. The van der Waals surface area contributed by atoms with Crippen LogP contribution >= 0.6 is 11.8 Å². The van der Waals surface area contributed by atoms with Gasteiger partial charge in [-0.05, 0) is 12.1 Å². The molecule has 0 saturated heterocycles. The van der Waals surface area contributed by atoms with E-state index < -0.39 is 0 Å². The second-order valence-corrected chi connectivity index (χ2v) is 5.16. The lowest BCUT2D eigenvalue weighted by Gasteiger charge is -2.09. The molecule has 0 aromatic heterocycles. The van der Waals surface area contributed by atoms with Crippen molar-refractivity contribution in [2.75, 3.05) is 11.1 Å². The largest absolute Gasteiger partial charge is 0.507 e. The first-order chi connectivity index (χ1) is 9.08. The number of carbonyl (C=O) groups excluding carboxylic acids is 2. The Balaban J connectivity index is 2.23. The fourth-order valence-corrected chi connectivity index (χ4v) is 2.16. The van der Waals surface area contributed by atoms with Crippen LogP contribution in [-0.2, 0) is 9.59 Å². The topological polar surface area (TPSA) is 66.4 Å². The molecule has 0 atom stereocenters. The molecule has 0 aliphatic rings. The number of carbonyl (C=O) groups is 2. The number of amides is 1. The van der Waals surface area contributed by atoms with E-state index in [1.165, 1.54) is 6.92 Å². The lowest BCUT2D eigenvalue weighted by molar-refractivity contribution is -0.114. The highest BCUT2D eigenvalue weighted by molar-refractivity contribution is 8.14. The van der Waals surface area contributed by atoms with E-state index in [1.54, 1.807) is 30.3 Å². The predicted molar refractivity (Wildman–Crippen MR) is 77.4 cm³/mol. The third-order valence-corrected chi connectivity index (χ3v) is 3.39. The summed E-state index contributed by atoms with van der Waals surface area (Å²) in [7, 11) is 0. The minimum atomic E-state index is -0.240. The molecular formula is C14H13NO3S. The summed E-state index contributed by atoms with van der Waals surface area (Å²) < 4.78 is 0. The van der Waals surface area contributed by atoms with Crippen molar-refractivity contribution < 1.29 is 14.7 Å². The molecule has 0 bridgehead atoms. The summed E-state index contributed by atoms with van der Waals surface area (Å²) in [5.41, 5.74) is 0.627. The Morgan fingerprint density at radius 2 is 1.84 bits per heavy atom. The Morgan fingerprint density at radius 3 is 2.58 bits per heavy atom. The van der Waals surface area contributed by atoms with Crippen molar-refractivity contribution in [1.82, 2.24) is 0 Å². The van der Waals surface area contributed by atoms with Crippen LogP contribution < -0.4 is 5.32 Å². The van der Waals surface area contributed by atoms with Crippen LogP contribution in [0, 0.1) is 0 Å². The van der Waals surface area contributed by atoms with Crippen LogP contribution in [0.3, 0.4) is 0 Å². The summed E-state index contributed by atoms with van der Waals surface area (Å²) in [6.07, 6.45) is 0. The molecule has 2 rings (SSSR count). The van der Waals surface area contributed by atoms with Crippen LogP contribution in [0.5, 0.6) is 5.75 Å². The first-order valence-electron chi connectivity index (χ1n) is 5.72. The van der Waals surface area contributed by atoms with Crippen LogP contribution in [0.4, 0.5) is 5.69 Å². The second kappa shape index (κ2) is 5.75. The molecule has 0 radical (unpaired) electrons. The quantitative estimate of drug-likeness (QED) is 0.904. The average molecular weight is 275 g/mol. The first kappa shape index (κ1) is 13.4. The SMILES string of the molecule is CC(=O)SCC(=O)Nc1cccc2c(O)cccc12. The number of fused-ring (bicyclic) bond motifs is 1. The maximum Gasteiger partial charge on any atom is 0.234 e. The van der Waals surface area contributed by atoms with Crippen molar-refractivity contribution in [3.8, 4) is 5.75 Å². The van der Waals surface area contributed by atoms with Gasteiger partial charge in [0.05, 0.1) is 5.75 Å². The van der Waals surface area contributed by atoms with E-state index in [2.05, 4.69) is 5.32 Å². The van der Waals surface area contributed by atoms with Crippen molar-refractivity contribution in [2.24, 2.45) is 0 Å². The van der Waals surface area contributed by atoms with Gasteiger partial charge in [0.25, 0.3) is 0 Å². The van der Waals surface area contributed by atoms with Gasteiger partial charge in [0.2, 0.25) is 5.91 Å². The number of aromatic hydroxyl groups is 1. The number of thioether (sulfide) groups is 1. The Morgan fingerprint density at radius 1 is 1.16 bits per heavy atom. The third kappa shape index (κ3) is 3.26. The third-order valence-electron chi connectivity index (χ3n) is 2.58. The van der Waals surface area contributed by atoms with Crippen LogP contribution in [0.25, 0.3) is 10.8 Å². The maximum absolute atomic E-state index is 11.7. The molecule has 4 nitrogen and oxygen atoms in total. The summed E-state index contributed by atoms with van der Waals surface area (Å²) >= 11 is 0.967. The van der Waals surface area contributed by atoms with Crippen molar-refractivity contribution in [3.63, 3.8) is 0 Å². The van der Waals surface area contributed by atoms with Gasteiger partial charge in [0.1, 0.15) is 5.75 Å². The van der Waals surface area contributed by atoms with E-state index in [0.29, 0.717) is 11.1 Å². The summed E-state index contributed by atoms with van der Waals surface area (Å²) in [4.78, 5) is 22.5. The van der Waals surface area contributed by atoms with Crippen molar-refractivity contribution >= 4 is 39.2 Å². The highest BCUT2D eigenvalue weighted by Gasteiger charge is 2.08. The number of hydrogen-bond donors (Lipinski definition) is 2. The zero-order chi connectivity index (χ0) is 13.8. The average Bonchev–Trinajstić information content (AvgIpc) is 2.38. The van der Waals surface area contributed by atoms with Crippen LogP contribution in [0.15, 0.2) is 36.4 Å². The number of rotatable bonds is 3. The van der Waals surface area contributed by atoms with Gasteiger partial charge in [0, 0.05) is 23.4 Å². The van der Waals surface area contributed by atoms with E-state index in [0.717, 1.165) is 17.1 Å². The number of phenolic OH excluding ortho intramolecular Hbond substituents is 1. The predicted octanol–water partition coefficient (Wildman–Crippen LogP) is 2.76. The Kier molecular flexibility index (Phi) is 4.06. The summed E-state index contributed by atoms with van der Waals surface area (Å²) in [5.74, 6) is 0.0209. The molecule has 5 heteroatoms. The van der Waals surface area contributed by atoms with Crippen molar-refractivity contribution in [3.05, 3.63) is 36.4 Å². The highest BCUT2D eigenvalue weighted by atomic mass is 32.2. The summed E-state index contributed by atoms with van der Waals surface area (Å²) in [6, 6.07) is 10.4. The molecule has 2 aromatic carbocycles. The highest BCUT2D eigenvalue weighted by Crippen LogP contribution is 2.29. The number of hydrogen-bond acceptors (Lipinski definition) is 4. The molecule has 0 aliphatic carbocycles. The van der Waals surface area contributed by atoms with E-state index >= 15 is 0 Å². The van der Waals surface area contributed by atoms with Gasteiger partial charge in [-0.3, -0.25) is 9.59 Å². The Bertz CT molecular complexity index is 640. The zero-order valence-electron chi connectivity index (χ0n) is 10.3. The second-order valence-electron chi connectivity index (χ2n) is 4.01. The monoisotopic (exact) mass is 275 g/mol. The summed E-state index contributed by atoms with van der Waals surface area (Å²) in [5, 5.41) is 13.8. The van der Waals surface area contributed by atoms with Crippen molar-refractivity contribution in [1.29, 1.82) is 0 Å². The number of nitrogens with one attached hydrogen (secondary N) is 1. The molecule has 0 aliphatic heterocycles. The molecule has 0 spiro atoms. The molecule has 19 heavy (non-hydrogen) atoms. The summed E-state index contributed by atoms with van der Waals surface area (Å²) in [6.45, 7) is 1.42. The molecule has 2 N–H and O–H groups in total. The maximum atomic E-state index is 11.7. The Labute approximate surface area is 114 Å². The molecule has 2 aromatic rings. The molecule has 1 amide bonds. The number of benzene rings is 2. The normalized spacial score (nSPS) is 10.4. The minimum Gasteiger partial charge on any atom is -0.507 e. The van der Waals surface area contributed by atoms with E-state index in [-0.39, 0.29) is 22.5 Å². The number of phenols is 1. The smallest absolute Gasteiger partial charge is 0.234 e. The van der Waals surface area contributed by atoms with Crippen LogP contribution in [0.2, 0.25) is 0 Å². The minimum absolute atomic E-state index is 0.0878. The number of anilines is 1. The van der Waals surface area contributed by atoms with Crippen LogP contribution in [0.1, 0.15) is 6.92 Å². The van der Waals surface area contributed by atoms with Gasteiger partial charge in [-0.2, -0.15) is 0 Å². The molecule has 0 saturated carbocycles. The van der Waals surface area contributed by atoms with E-state index in [1.807, 2.05) is 6.07 Å². The first-order valence-corrected chi connectivity index (χ1v) is 6.70. The molecule has 0 fully saturated rings. The molecule has 0 heterocycles. The van der Waals surface area contributed by atoms with Gasteiger partial charge in [-0.25, -0.2) is 0 Å². The molecular weight excluding hydrogens is 262 g/mol. The van der Waals surface area contributed by atoms with Gasteiger partial charge < -0.3 is 10.4 Å². The van der Waals surface area contributed by atoms with Gasteiger partial charge in [-0.15, -0.1) is 0 Å². The van der Waals surface area contributed by atoms with Crippen LogP contribution in [-0.4, -0.2) is 21.9 Å². The Hall–Kier alpha value is -2.01. The van der Waals surface area contributed by atoms with Gasteiger partial charge in [0.15, 0.2) is 5.12 Å². The lowest BCUT2D eigenvalue weighted by atomic mass is 10.1. The fraction of sp³-hybridized carbons (Fsp3) is 0.143. The standard InChI is InChI=1S/C14H13NO3S/c1-9(16)19-8-14(18)15-12-6-2-5-11-10(12)4-3-7-13(11)17/h2-7,17H,8H2,1H3,(H,15,18). The fourth-order valence-electron chi connectivity index (χ4n) is 1.76. The molecule has 0 unspecified atom stereocenters. The lowest BCUT2D eigenvalue weighted by Crippen LogP contribution is -2.15. The van der Waals surface area contributed by atoms with E-state index in [9.17, 15) is 14.7 Å². The van der Waals surface area contributed by atoms with Gasteiger partial charge in [-0.1, -0.05) is 36.0 Å². The molecule has 98 valence electrons. The van der Waals surface area contributed by atoms with E-state index in [4.69, 9.17) is 0 Å².